The number of aromatic nitrogens is 2. The van der Waals surface area contributed by atoms with Crippen LogP contribution in [0.25, 0.3) is 6.08 Å². The zero-order chi connectivity index (χ0) is 36.3. The first kappa shape index (κ1) is 36.5. The number of pyridine rings is 1. The second kappa shape index (κ2) is 17.3. The van der Waals surface area contributed by atoms with Crippen molar-refractivity contribution in [2.45, 2.75) is 17.5 Å². The third-order valence-corrected chi connectivity index (χ3v) is 11.6. The van der Waals surface area contributed by atoms with Crippen molar-refractivity contribution >= 4 is 76.0 Å². The van der Waals surface area contributed by atoms with Gasteiger partial charge in [-0.3, -0.25) is 24.2 Å². The predicted octanol–water partition coefficient (Wildman–Crippen LogP) is 5.14. The van der Waals surface area contributed by atoms with E-state index in [2.05, 4.69) is 32.3 Å². The van der Waals surface area contributed by atoms with E-state index in [1.54, 1.807) is 22.7 Å². The Hall–Kier alpha value is -5.25. The molecule has 266 valence electrons. The molecule has 0 aliphatic carbocycles. The van der Waals surface area contributed by atoms with Crippen molar-refractivity contribution in [1.29, 1.82) is 0 Å². The number of hydrogen-bond acceptors (Lipinski definition) is 12. The van der Waals surface area contributed by atoms with Gasteiger partial charge in [-0.05, 0) is 34.2 Å². The van der Waals surface area contributed by atoms with E-state index in [1.165, 1.54) is 29.6 Å². The number of ether oxygens (including phenoxy) is 1. The van der Waals surface area contributed by atoms with Crippen molar-refractivity contribution in [3.63, 3.8) is 0 Å². The maximum absolute atomic E-state index is 14.4. The van der Waals surface area contributed by atoms with Gasteiger partial charge in [0, 0.05) is 35.8 Å². The standard InChI is InChI=1S/C37H34N6O6S3/c1-2-17-48-42-29(28-20-51-36(40-28)39-24-44)32(45)41-30-33(46)43-21-37(23-52-34(30)43,22-50-18-15-25-10-9-16-38-19-25)35(47)49-31(26-11-5-3-6-12-26)27-13-7-4-8-14-27/h2-16,18-20,24,30-31,34H,1,17,21-23H2,(H,41,45)(H,39,40,44)/t30?,34-,37?/m1/s1. The monoisotopic (exact) mass is 754 g/mol. The Bertz CT molecular complexity index is 1910. The third-order valence-electron chi connectivity index (χ3n) is 8.19. The lowest BCUT2D eigenvalue weighted by atomic mass is 9.88. The van der Waals surface area contributed by atoms with E-state index >= 15 is 0 Å². The van der Waals surface area contributed by atoms with Crippen molar-refractivity contribution < 1.29 is 28.8 Å². The second-order valence-corrected chi connectivity index (χ2v) is 14.6. The molecule has 52 heavy (non-hydrogen) atoms. The van der Waals surface area contributed by atoms with Crippen LogP contribution < -0.4 is 10.6 Å². The van der Waals surface area contributed by atoms with Gasteiger partial charge in [-0.15, -0.1) is 34.9 Å². The molecule has 2 aliphatic heterocycles. The van der Waals surface area contributed by atoms with E-state index in [-0.39, 0.29) is 35.6 Å². The Morgan fingerprint density at radius 1 is 1.12 bits per heavy atom. The molecule has 0 spiro atoms. The molecule has 15 heteroatoms. The molecule has 3 atom stereocenters. The molecule has 3 amide bonds. The molecule has 12 nitrogen and oxygen atoms in total. The van der Waals surface area contributed by atoms with Crippen LogP contribution in [0.5, 0.6) is 0 Å². The first-order valence-corrected chi connectivity index (χ1v) is 19.1. The number of rotatable bonds is 16. The summed E-state index contributed by atoms with van der Waals surface area (Å²) in [6.07, 6.45) is 6.66. The molecule has 0 saturated carbocycles. The number of amides is 3. The van der Waals surface area contributed by atoms with Gasteiger partial charge in [0.2, 0.25) is 12.3 Å². The lowest BCUT2D eigenvalue weighted by molar-refractivity contribution is -0.164. The van der Waals surface area contributed by atoms with Crippen molar-refractivity contribution in [2.75, 3.05) is 30.0 Å². The quantitative estimate of drug-likeness (QED) is 0.0300. The van der Waals surface area contributed by atoms with Crippen LogP contribution in [0, 0.1) is 5.41 Å². The van der Waals surface area contributed by atoms with Crippen molar-refractivity contribution in [3.05, 3.63) is 131 Å². The van der Waals surface area contributed by atoms with Crippen LogP contribution in [-0.4, -0.2) is 80.8 Å². The number of thioether (sulfide) groups is 2. The highest BCUT2D eigenvalue weighted by Gasteiger charge is 2.58. The van der Waals surface area contributed by atoms with Crippen LogP contribution in [0.1, 0.15) is 28.5 Å². The SMILES string of the molecule is C=CCON=C(C(=O)NC1C(=O)N2CC(CSC=Cc3cccnc3)(C(=O)OC(c3ccccc3)c3ccccc3)CS[C@H]12)c1csc(NC=O)n1. The van der Waals surface area contributed by atoms with Gasteiger partial charge in [-0.1, -0.05) is 84.5 Å². The number of anilines is 1. The molecule has 2 N–H and O–H groups in total. The van der Waals surface area contributed by atoms with Crippen molar-refractivity contribution in [3.8, 4) is 0 Å². The van der Waals surface area contributed by atoms with E-state index in [0.29, 0.717) is 17.9 Å². The topological polar surface area (TPSA) is 152 Å². The lowest BCUT2D eigenvalue weighted by Crippen LogP contribution is -2.74. The van der Waals surface area contributed by atoms with Crippen LogP contribution in [0.15, 0.2) is 114 Å². The highest BCUT2D eigenvalue weighted by atomic mass is 32.2. The summed E-state index contributed by atoms with van der Waals surface area (Å²) in [4.78, 5) is 67.7. The fourth-order valence-electron chi connectivity index (χ4n) is 5.59. The van der Waals surface area contributed by atoms with Crippen LogP contribution >= 0.6 is 34.9 Å². The molecular formula is C37H34N6O6S3. The molecule has 0 radical (unpaired) electrons. The first-order chi connectivity index (χ1) is 25.4. The summed E-state index contributed by atoms with van der Waals surface area (Å²) in [6, 6.07) is 22.0. The van der Waals surface area contributed by atoms with Gasteiger partial charge in [-0.25, -0.2) is 4.98 Å². The molecule has 2 aromatic heterocycles. The molecule has 2 fully saturated rings. The summed E-state index contributed by atoms with van der Waals surface area (Å²) in [7, 11) is 0. The minimum Gasteiger partial charge on any atom is -0.452 e. The number of hydrogen-bond donors (Lipinski definition) is 2. The van der Waals surface area contributed by atoms with Gasteiger partial charge < -0.3 is 25.1 Å². The van der Waals surface area contributed by atoms with Crippen molar-refractivity contribution in [1.82, 2.24) is 20.2 Å². The summed E-state index contributed by atoms with van der Waals surface area (Å²) in [5.74, 6) is -0.749. The molecule has 4 aromatic rings. The Kier molecular flexibility index (Phi) is 12.2. The van der Waals surface area contributed by atoms with Gasteiger partial charge >= 0.3 is 5.97 Å². The van der Waals surface area contributed by atoms with Crippen molar-refractivity contribution in [2.24, 2.45) is 10.6 Å². The van der Waals surface area contributed by atoms with E-state index in [9.17, 15) is 19.2 Å². The predicted molar refractivity (Wildman–Crippen MR) is 203 cm³/mol. The summed E-state index contributed by atoms with van der Waals surface area (Å²) >= 11 is 3.97. The Balaban J connectivity index is 1.21. The Morgan fingerprint density at radius 3 is 2.54 bits per heavy atom. The number of fused-ring (bicyclic) bond motifs is 1. The fourth-order valence-corrected chi connectivity index (χ4v) is 8.89. The van der Waals surface area contributed by atoms with Crippen LogP contribution in [0.3, 0.4) is 0 Å². The number of carbonyl (C=O) groups excluding carboxylic acids is 4. The van der Waals surface area contributed by atoms with Gasteiger partial charge in [0.05, 0.1) is 0 Å². The third kappa shape index (κ3) is 8.44. The van der Waals surface area contributed by atoms with Crippen LogP contribution in [0.2, 0.25) is 0 Å². The van der Waals surface area contributed by atoms with Gasteiger partial charge in [0.1, 0.15) is 29.1 Å². The minimum atomic E-state index is -1.06. The average molecular weight is 755 g/mol. The van der Waals surface area contributed by atoms with Crippen LogP contribution in [-0.2, 0) is 28.8 Å². The normalized spacial score (nSPS) is 19.8. The van der Waals surface area contributed by atoms with E-state index in [1.807, 2.05) is 84.3 Å². The molecule has 2 unspecified atom stereocenters. The zero-order valence-corrected chi connectivity index (χ0v) is 30.1. The van der Waals surface area contributed by atoms with Crippen LogP contribution in [0.4, 0.5) is 5.13 Å². The minimum absolute atomic E-state index is 0.0397. The molecule has 2 aliphatic rings. The second-order valence-electron chi connectivity index (χ2n) is 11.7. The Morgan fingerprint density at radius 2 is 1.87 bits per heavy atom. The first-order valence-electron chi connectivity index (χ1n) is 16.1. The molecule has 6 rings (SSSR count). The number of nitrogens with zero attached hydrogens (tertiary/aromatic N) is 4. The lowest BCUT2D eigenvalue weighted by Gasteiger charge is -2.54. The summed E-state index contributed by atoms with van der Waals surface area (Å²) in [5, 5.41) is 12.5. The molecule has 0 bridgehead atoms. The number of carbonyl (C=O) groups is 4. The summed E-state index contributed by atoms with van der Waals surface area (Å²) < 4.78 is 6.38. The number of benzene rings is 2. The molecule has 2 aromatic carbocycles. The maximum Gasteiger partial charge on any atom is 0.316 e. The van der Waals surface area contributed by atoms with E-state index < -0.39 is 34.8 Å². The number of esters is 1. The molecular weight excluding hydrogens is 721 g/mol. The summed E-state index contributed by atoms with van der Waals surface area (Å²) in [6.45, 7) is 3.73. The van der Waals surface area contributed by atoms with Gasteiger partial charge in [-0.2, -0.15) is 0 Å². The molecule has 2 saturated heterocycles. The van der Waals surface area contributed by atoms with E-state index in [4.69, 9.17) is 9.57 Å². The number of thiazole rings is 1. The maximum atomic E-state index is 14.4. The van der Waals surface area contributed by atoms with E-state index in [0.717, 1.165) is 28.0 Å². The average Bonchev–Trinajstić information content (AvgIpc) is 3.65. The largest absolute Gasteiger partial charge is 0.452 e. The number of oxime groups is 1. The smallest absolute Gasteiger partial charge is 0.316 e. The summed E-state index contributed by atoms with van der Waals surface area (Å²) in [5.41, 5.74) is 1.52. The highest BCUT2D eigenvalue weighted by molar-refractivity contribution is 8.02. The van der Waals surface area contributed by atoms with Gasteiger partial charge in [0.25, 0.3) is 5.91 Å². The Labute approximate surface area is 312 Å². The molecule has 4 heterocycles. The fraction of sp³-hybridized carbons (Fsp3) is 0.216. The number of β-lactam (4-membered cyclic amide) rings is 1. The zero-order valence-electron chi connectivity index (χ0n) is 27.7. The van der Waals surface area contributed by atoms with Gasteiger partial charge in [0.15, 0.2) is 16.9 Å². The number of nitrogens with one attached hydrogen (secondary N) is 2. The highest BCUT2D eigenvalue weighted by Crippen LogP contribution is 2.45.